The van der Waals surface area contributed by atoms with Crippen LogP contribution in [0.1, 0.15) is 61.3 Å². The van der Waals surface area contributed by atoms with E-state index in [4.69, 9.17) is 4.74 Å². The van der Waals surface area contributed by atoms with Crippen LogP contribution in [0.5, 0.6) is 5.75 Å². The first-order valence-electron chi connectivity index (χ1n) is 9.94. The van der Waals surface area contributed by atoms with Crippen molar-refractivity contribution in [3.63, 3.8) is 0 Å². The Balaban J connectivity index is 1.70. The highest BCUT2D eigenvalue weighted by atomic mass is 16.5. The number of methoxy groups -OCH3 is 1. The van der Waals surface area contributed by atoms with Crippen molar-refractivity contribution in [1.29, 1.82) is 0 Å². The van der Waals surface area contributed by atoms with Gasteiger partial charge in [-0.05, 0) is 57.7 Å². The van der Waals surface area contributed by atoms with Gasteiger partial charge in [-0.2, -0.15) is 5.10 Å². The third-order valence-corrected chi connectivity index (χ3v) is 5.12. The Labute approximate surface area is 171 Å². The van der Waals surface area contributed by atoms with Crippen molar-refractivity contribution in [2.45, 2.75) is 51.5 Å². The van der Waals surface area contributed by atoms with Crippen LogP contribution in [0.25, 0.3) is 0 Å². The van der Waals surface area contributed by atoms with Crippen LogP contribution >= 0.6 is 0 Å². The molecule has 1 aliphatic carbocycles. The number of ether oxygens (including phenoxy) is 1. The van der Waals surface area contributed by atoms with Gasteiger partial charge in [-0.1, -0.05) is 18.2 Å². The van der Waals surface area contributed by atoms with Gasteiger partial charge in [0, 0.05) is 18.2 Å². The summed E-state index contributed by atoms with van der Waals surface area (Å²) < 4.78 is 7.22. The lowest BCUT2D eigenvalue weighted by Gasteiger charge is -2.22. The van der Waals surface area contributed by atoms with E-state index in [1.54, 1.807) is 13.2 Å². The molecule has 1 unspecified atom stereocenters. The monoisotopic (exact) mass is 399 g/mol. The van der Waals surface area contributed by atoms with Crippen LogP contribution in [-0.2, 0) is 16.8 Å². The number of carboxylic acid groups (broad SMARTS) is 1. The molecule has 0 aliphatic heterocycles. The minimum Gasteiger partial charge on any atom is -0.496 e. The highest BCUT2D eigenvalue weighted by Gasteiger charge is 2.32. The lowest BCUT2D eigenvalue weighted by atomic mass is 9.98. The standard InChI is InChI=1S/C22H29N3O4/c1-22(2,3)25-18(14-9-10-14)12-17(24-25)20(26)23-13-16(21(27)28)11-15-7-5-6-8-19(15)29-4/h5-8,12,14,16H,9-11,13H2,1-4H3,(H,23,26)(H,27,28). The summed E-state index contributed by atoms with van der Waals surface area (Å²) in [5.41, 5.74) is 1.99. The number of carbonyl (C=O) groups is 2. The molecule has 1 aromatic carbocycles. The van der Waals surface area contributed by atoms with Crippen LogP contribution in [0.2, 0.25) is 0 Å². The lowest BCUT2D eigenvalue weighted by Crippen LogP contribution is -2.34. The normalized spacial score (nSPS) is 15.0. The topological polar surface area (TPSA) is 93.5 Å². The molecule has 1 amide bonds. The fourth-order valence-corrected chi connectivity index (χ4v) is 3.40. The number of rotatable bonds is 8. The van der Waals surface area contributed by atoms with Crippen LogP contribution in [0.3, 0.4) is 0 Å². The van der Waals surface area contributed by atoms with E-state index in [1.165, 1.54) is 0 Å². The molecule has 3 rings (SSSR count). The highest BCUT2D eigenvalue weighted by Crippen LogP contribution is 2.41. The van der Waals surface area contributed by atoms with Gasteiger partial charge >= 0.3 is 5.97 Å². The number of nitrogens with one attached hydrogen (secondary N) is 1. The maximum Gasteiger partial charge on any atom is 0.308 e. The second-order valence-corrected chi connectivity index (χ2v) is 8.57. The molecule has 1 saturated carbocycles. The number of aromatic nitrogens is 2. The van der Waals surface area contributed by atoms with E-state index in [-0.39, 0.29) is 24.4 Å². The molecule has 29 heavy (non-hydrogen) atoms. The molecule has 0 bridgehead atoms. The van der Waals surface area contributed by atoms with Crippen LogP contribution in [0.15, 0.2) is 30.3 Å². The molecule has 2 N–H and O–H groups in total. The molecule has 0 spiro atoms. The van der Waals surface area contributed by atoms with Gasteiger partial charge in [0.15, 0.2) is 0 Å². The first kappa shape index (κ1) is 20.9. The molecule has 156 valence electrons. The summed E-state index contributed by atoms with van der Waals surface area (Å²) in [5.74, 6) is -0.970. The van der Waals surface area contributed by atoms with Crippen LogP contribution in [0, 0.1) is 5.92 Å². The molecule has 1 fully saturated rings. The summed E-state index contributed by atoms with van der Waals surface area (Å²) >= 11 is 0. The molecular weight excluding hydrogens is 370 g/mol. The number of carboxylic acids is 1. The fourth-order valence-electron chi connectivity index (χ4n) is 3.40. The number of carbonyl (C=O) groups excluding carboxylic acids is 1. The van der Waals surface area contributed by atoms with Crippen LogP contribution in [-0.4, -0.2) is 40.4 Å². The zero-order chi connectivity index (χ0) is 21.2. The van der Waals surface area contributed by atoms with Gasteiger partial charge in [-0.15, -0.1) is 0 Å². The van der Waals surface area contributed by atoms with E-state index in [0.717, 1.165) is 24.1 Å². The maximum absolute atomic E-state index is 12.7. The maximum atomic E-state index is 12.7. The number of amides is 1. The van der Waals surface area contributed by atoms with Gasteiger partial charge in [0.05, 0.1) is 18.6 Å². The van der Waals surface area contributed by atoms with Gasteiger partial charge in [0.2, 0.25) is 0 Å². The number of hydrogen-bond donors (Lipinski definition) is 2. The Morgan fingerprint density at radius 3 is 2.59 bits per heavy atom. The van der Waals surface area contributed by atoms with Gasteiger partial charge in [0.25, 0.3) is 5.91 Å². The molecule has 7 heteroatoms. The number of hydrogen-bond acceptors (Lipinski definition) is 4. The highest BCUT2D eigenvalue weighted by molar-refractivity contribution is 5.92. The lowest BCUT2D eigenvalue weighted by molar-refractivity contribution is -0.141. The van der Waals surface area contributed by atoms with Crippen molar-refractivity contribution in [3.8, 4) is 5.75 Å². The second kappa shape index (κ2) is 8.27. The van der Waals surface area contributed by atoms with E-state index < -0.39 is 11.9 Å². The van der Waals surface area contributed by atoms with Crippen molar-refractivity contribution in [3.05, 3.63) is 47.3 Å². The third kappa shape index (κ3) is 4.96. The average Bonchev–Trinajstić information content (AvgIpc) is 3.41. The SMILES string of the molecule is COc1ccccc1CC(CNC(=O)c1cc(C2CC2)n(C(C)(C)C)n1)C(=O)O. The first-order chi connectivity index (χ1) is 13.7. The van der Waals surface area contributed by atoms with Gasteiger partial charge in [-0.3, -0.25) is 14.3 Å². The third-order valence-electron chi connectivity index (χ3n) is 5.12. The van der Waals surface area contributed by atoms with E-state index in [9.17, 15) is 14.7 Å². The smallest absolute Gasteiger partial charge is 0.308 e. The molecule has 0 saturated heterocycles. The Bertz CT molecular complexity index is 894. The Morgan fingerprint density at radius 2 is 2.00 bits per heavy atom. The first-order valence-corrected chi connectivity index (χ1v) is 9.94. The van der Waals surface area contributed by atoms with E-state index in [2.05, 4.69) is 31.2 Å². The number of aliphatic carboxylic acids is 1. The summed E-state index contributed by atoms with van der Waals surface area (Å²) in [5, 5.41) is 16.9. The van der Waals surface area contributed by atoms with E-state index >= 15 is 0 Å². The van der Waals surface area contributed by atoms with Crippen LogP contribution in [0.4, 0.5) is 0 Å². The predicted octanol–water partition coefficient (Wildman–Crippen LogP) is 3.20. The quantitative estimate of drug-likeness (QED) is 0.711. The fraction of sp³-hybridized carbons (Fsp3) is 0.500. The van der Waals surface area contributed by atoms with Crippen molar-refractivity contribution < 1.29 is 19.4 Å². The zero-order valence-electron chi connectivity index (χ0n) is 17.4. The summed E-state index contributed by atoms with van der Waals surface area (Å²) in [7, 11) is 1.55. The number of nitrogens with zero attached hydrogens (tertiary/aromatic N) is 2. The van der Waals surface area contributed by atoms with E-state index in [1.807, 2.05) is 28.9 Å². The van der Waals surface area contributed by atoms with Gasteiger partial charge < -0.3 is 15.2 Å². The summed E-state index contributed by atoms with van der Waals surface area (Å²) in [6, 6.07) is 9.15. The molecule has 2 aromatic rings. The van der Waals surface area contributed by atoms with Crippen molar-refractivity contribution in [1.82, 2.24) is 15.1 Å². The number of para-hydroxylation sites is 1. The Morgan fingerprint density at radius 1 is 1.31 bits per heavy atom. The van der Waals surface area contributed by atoms with Crippen molar-refractivity contribution in [2.75, 3.05) is 13.7 Å². The Hall–Kier alpha value is -2.83. The van der Waals surface area contributed by atoms with Gasteiger partial charge in [0.1, 0.15) is 11.4 Å². The minimum atomic E-state index is -0.963. The minimum absolute atomic E-state index is 0.0212. The summed E-state index contributed by atoms with van der Waals surface area (Å²) in [4.78, 5) is 24.4. The van der Waals surface area contributed by atoms with Crippen LogP contribution < -0.4 is 10.1 Å². The van der Waals surface area contributed by atoms with Gasteiger partial charge in [-0.25, -0.2) is 0 Å². The molecule has 1 aliphatic rings. The largest absolute Gasteiger partial charge is 0.496 e. The molecule has 1 aromatic heterocycles. The van der Waals surface area contributed by atoms with E-state index in [0.29, 0.717) is 17.4 Å². The van der Waals surface area contributed by atoms with Crippen molar-refractivity contribution >= 4 is 11.9 Å². The molecule has 0 radical (unpaired) electrons. The molecule has 7 nitrogen and oxygen atoms in total. The summed E-state index contributed by atoms with van der Waals surface area (Å²) in [6.45, 7) is 6.19. The molecular formula is C22H29N3O4. The zero-order valence-corrected chi connectivity index (χ0v) is 17.4. The number of benzene rings is 1. The average molecular weight is 399 g/mol. The van der Waals surface area contributed by atoms with Crippen molar-refractivity contribution in [2.24, 2.45) is 5.92 Å². The second-order valence-electron chi connectivity index (χ2n) is 8.57. The predicted molar refractivity (Wildman–Crippen MR) is 109 cm³/mol. The Kier molecular flexibility index (Phi) is 5.96. The molecule has 1 atom stereocenters. The summed E-state index contributed by atoms with van der Waals surface area (Å²) in [6.07, 6.45) is 2.50. The molecule has 1 heterocycles.